The number of carbonyl (C=O) groups is 1. The molecule has 0 saturated heterocycles. The number of hydrogen-bond acceptors (Lipinski definition) is 2. The van der Waals surface area contributed by atoms with Crippen LogP contribution in [-0.2, 0) is 6.54 Å². The van der Waals surface area contributed by atoms with E-state index in [1.54, 1.807) is 30.3 Å². The number of hydrogen-bond donors (Lipinski definition) is 1. The van der Waals surface area contributed by atoms with Gasteiger partial charge in [-0.05, 0) is 30.3 Å². The molecule has 1 heterocycles. The van der Waals surface area contributed by atoms with E-state index in [4.69, 9.17) is 11.6 Å². The fraction of sp³-hybridized carbons (Fsp3) is 0.0769. The van der Waals surface area contributed by atoms with Crippen molar-refractivity contribution in [3.05, 3.63) is 63.1 Å². The Balaban J connectivity index is 2.06. The predicted octanol–water partition coefficient (Wildman–Crippen LogP) is 3.57. The van der Waals surface area contributed by atoms with Gasteiger partial charge in [0.1, 0.15) is 16.7 Å². The first-order valence-electron chi connectivity index (χ1n) is 5.41. The van der Waals surface area contributed by atoms with Crippen LogP contribution in [0.25, 0.3) is 0 Å². The van der Waals surface area contributed by atoms with Crippen molar-refractivity contribution < 1.29 is 9.18 Å². The van der Waals surface area contributed by atoms with E-state index < -0.39 is 5.91 Å². The topological polar surface area (TPSA) is 42.0 Å². The van der Waals surface area contributed by atoms with Gasteiger partial charge < -0.3 is 5.32 Å². The van der Waals surface area contributed by atoms with E-state index in [2.05, 4.69) is 26.2 Å². The molecule has 0 saturated carbocycles. The Morgan fingerprint density at radius 1 is 1.37 bits per heavy atom. The van der Waals surface area contributed by atoms with E-state index in [-0.39, 0.29) is 23.2 Å². The maximum atomic E-state index is 13.5. The molecule has 0 radical (unpaired) electrons. The highest BCUT2D eigenvalue weighted by atomic mass is 79.9. The van der Waals surface area contributed by atoms with E-state index in [0.29, 0.717) is 5.56 Å². The number of halogens is 3. The molecular weight excluding hydrogens is 335 g/mol. The molecule has 1 amide bonds. The Labute approximate surface area is 122 Å². The number of carbonyl (C=O) groups excluding carboxylic acids is 1. The summed E-state index contributed by atoms with van der Waals surface area (Å²) in [4.78, 5) is 15.7. The standard InChI is InChI=1S/C13H9BrClFN2O/c14-9-4-5-10(16)8(6-9)7-17-13(19)11-2-1-3-12(15)18-11/h1-6H,7H2,(H,17,19). The number of nitrogens with one attached hydrogen (secondary N) is 1. The van der Waals surface area contributed by atoms with Crippen molar-refractivity contribution in [1.29, 1.82) is 0 Å². The smallest absolute Gasteiger partial charge is 0.270 e. The van der Waals surface area contributed by atoms with Crippen LogP contribution in [0.2, 0.25) is 5.15 Å². The lowest BCUT2D eigenvalue weighted by atomic mass is 10.2. The minimum absolute atomic E-state index is 0.0816. The van der Waals surface area contributed by atoms with Crippen LogP contribution in [0.1, 0.15) is 16.1 Å². The van der Waals surface area contributed by atoms with Crippen molar-refractivity contribution >= 4 is 33.4 Å². The Morgan fingerprint density at radius 2 is 2.16 bits per heavy atom. The first-order valence-corrected chi connectivity index (χ1v) is 6.58. The van der Waals surface area contributed by atoms with Gasteiger partial charge in [-0.2, -0.15) is 0 Å². The second-order valence-corrected chi connectivity index (χ2v) is 5.07. The molecule has 0 fully saturated rings. The molecule has 6 heteroatoms. The average molecular weight is 344 g/mol. The Kier molecular flexibility index (Phi) is 4.50. The molecule has 0 aliphatic rings. The molecule has 0 unspecified atom stereocenters. The summed E-state index contributed by atoms with van der Waals surface area (Å²) in [6.07, 6.45) is 0. The van der Waals surface area contributed by atoms with Gasteiger partial charge in [0.25, 0.3) is 5.91 Å². The molecule has 3 nitrogen and oxygen atoms in total. The second-order valence-electron chi connectivity index (χ2n) is 3.76. The third-order valence-electron chi connectivity index (χ3n) is 2.39. The molecule has 0 bridgehead atoms. The minimum Gasteiger partial charge on any atom is -0.347 e. The van der Waals surface area contributed by atoms with Crippen LogP contribution >= 0.6 is 27.5 Å². The first-order chi connectivity index (χ1) is 9.06. The van der Waals surface area contributed by atoms with Crippen LogP contribution in [0.3, 0.4) is 0 Å². The molecule has 19 heavy (non-hydrogen) atoms. The van der Waals surface area contributed by atoms with Crippen molar-refractivity contribution in [2.45, 2.75) is 6.54 Å². The summed E-state index contributed by atoms with van der Waals surface area (Å²) >= 11 is 8.94. The fourth-order valence-electron chi connectivity index (χ4n) is 1.48. The molecule has 0 atom stereocenters. The lowest BCUT2D eigenvalue weighted by Crippen LogP contribution is -2.24. The summed E-state index contributed by atoms with van der Waals surface area (Å²) in [6.45, 7) is 0.0816. The number of nitrogens with zero attached hydrogens (tertiary/aromatic N) is 1. The summed E-state index contributed by atoms with van der Waals surface area (Å²) in [7, 11) is 0. The van der Waals surface area contributed by atoms with Gasteiger partial charge in [0.15, 0.2) is 0 Å². The zero-order valence-corrected chi connectivity index (χ0v) is 12.0. The van der Waals surface area contributed by atoms with Gasteiger partial charge in [-0.1, -0.05) is 33.6 Å². The van der Waals surface area contributed by atoms with Crippen molar-refractivity contribution in [2.24, 2.45) is 0 Å². The van der Waals surface area contributed by atoms with E-state index in [1.807, 2.05) is 0 Å². The summed E-state index contributed by atoms with van der Waals surface area (Å²) < 4.78 is 14.2. The molecule has 0 aliphatic carbocycles. The zero-order chi connectivity index (χ0) is 13.8. The van der Waals surface area contributed by atoms with Crippen LogP contribution in [0, 0.1) is 5.82 Å². The lowest BCUT2D eigenvalue weighted by Gasteiger charge is -2.06. The quantitative estimate of drug-likeness (QED) is 0.866. The summed E-state index contributed by atoms with van der Waals surface area (Å²) in [5.74, 6) is -0.774. The minimum atomic E-state index is -0.401. The SMILES string of the molecule is O=C(NCc1cc(Br)ccc1F)c1cccc(Cl)n1. The molecule has 1 aromatic carbocycles. The maximum absolute atomic E-state index is 13.5. The molecule has 0 aliphatic heterocycles. The summed E-state index contributed by atoms with van der Waals surface area (Å²) in [5, 5.41) is 2.83. The van der Waals surface area contributed by atoms with Crippen molar-refractivity contribution in [3.8, 4) is 0 Å². The molecule has 2 aromatic rings. The Morgan fingerprint density at radius 3 is 2.89 bits per heavy atom. The van der Waals surface area contributed by atoms with Crippen LogP contribution < -0.4 is 5.32 Å². The summed E-state index contributed by atoms with van der Waals surface area (Å²) in [5.41, 5.74) is 0.590. The number of benzene rings is 1. The van der Waals surface area contributed by atoms with Crippen LogP contribution in [0.4, 0.5) is 4.39 Å². The van der Waals surface area contributed by atoms with Gasteiger partial charge in [-0.3, -0.25) is 4.79 Å². The van der Waals surface area contributed by atoms with Gasteiger partial charge in [0.2, 0.25) is 0 Å². The number of amides is 1. The molecule has 1 N–H and O–H groups in total. The second kappa shape index (κ2) is 6.12. The van der Waals surface area contributed by atoms with Crippen molar-refractivity contribution in [1.82, 2.24) is 10.3 Å². The maximum Gasteiger partial charge on any atom is 0.270 e. The average Bonchev–Trinajstić information content (AvgIpc) is 2.39. The first kappa shape index (κ1) is 14.0. The third kappa shape index (κ3) is 3.75. The van der Waals surface area contributed by atoms with Gasteiger partial charge in [0.05, 0.1) is 0 Å². The van der Waals surface area contributed by atoms with Gasteiger partial charge in [0, 0.05) is 16.6 Å². The van der Waals surface area contributed by atoms with Crippen LogP contribution in [0.15, 0.2) is 40.9 Å². The van der Waals surface area contributed by atoms with E-state index in [0.717, 1.165) is 4.47 Å². The number of pyridine rings is 1. The molecule has 98 valence electrons. The van der Waals surface area contributed by atoms with E-state index in [1.165, 1.54) is 6.07 Å². The molecule has 0 spiro atoms. The monoisotopic (exact) mass is 342 g/mol. The Hall–Kier alpha value is -1.46. The Bertz CT molecular complexity index is 621. The third-order valence-corrected chi connectivity index (χ3v) is 3.10. The molecular formula is C13H9BrClFN2O. The highest BCUT2D eigenvalue weighted by Crippen LogP contribution is 2.15. The highest BCUT2D eigenvalue weighted by Gasteiger charge is 2.09. The summed E-state index contributed by atoms with van der Waals surface area (Å²) in [6, 6.07) is 9.29. The van der Waals surface area contributed by atoms with E-state index in [9.17, 15) is 9.18 Å². The number of rotatable bonds is 3. The number of aromatic nitrogens is 1. The predicted molar refractivity (Wildman–Crippen MR) is 74.5 cm³/mol. The van der Waals surface area contributed by atoms with Gasteiger partial charge >= 0.3 is 0 Å². The van der Waals surface area contributed by atoms with Crippen molar-refractivity contribution in [2.75, 3.05) is 0 Å². The molecule has 2 rings (SSSR count). The lowest BCUT2D eigenvalue weighted by molar-refractivity contribution is 0.0945. The van der Waals surface area contributed by atoms with Crippen molar-refractivity contribution in [3.63, 3.8) is 0 Å². The zero-order valence-electron chi connectivity index (χ0n) is 9.66. The molecule has 1 aromatic heterocycles. The van der Waals surface area contributed by atoms with Crippen LogP contribution in [0.5, 0.6) is 0 Å². The van der Waals surface area contributed by atoms with Gasteiger partial charge in [-0.15, -0.1) is 0 Å². The fourth-order valence-corrected chi connectivity index (χ4v) is 2.05. The van der Waals surface area contributed by atoms with E-state index >= 15 is 0 Å². The van der Waals surface area contributed by atoms with Crippen LogP contribution in [-0.4, -0.2) is 10.9 Å². The highest BCUT2D eigenvalue weighted by molar-refractivity contribution is 9.10. The van der Waals surface area contributed by atoms with Gasteiger partial charge in [-0.25, -0.2) is 9.37 Å². The normalized spacial score (nSPS) is 10.3. The largest absolute Gasteiger partial charge is 0.347 e.